The van der Waals surface area contributed by atoms with Crippen molar-refractivity contribution in [1.82, 2.24) is 10.5 Å². The van der Waals surface area contributed by atoms with Crippen LogP contribution >= 0.6 is 0 Å². The fraction of sp³-hybridized carbons (Fsp3) is 0.667. The minimum atomic E-state index is -4.10. The summed E-state index contributed by atoms with van der Waals surface area (Å²) in [5.74, 6) is 0.00855. The molecule has 0 atom stereocenters. The Hall–Kier alpha value is -0.960. The zero-order valence-electron chi connectivity index (χ0n) is 9.34. The van der Waals surface area contributed by atoms with E-state index in [1.54, 1.807) is 0 Å². The fourth-order valence-electron chi connectivity index (χ4n) is 1.74. The van der Waals surface area contributed by atoms with Crippen LogP contribution < -0.4 is 5.32 Å². The van der Waals surface area contributed by atoms with Crippen molar-refractivity contribution in [3.8, 4) is 0 Å². The topological polar surface area (TPSA) is 102 Å². The van der Waals surface area contributed by atoms with Crippen molar-refractivity contribution in [2.75, 3.05) is 20.2 Å². The molecule has 7 nitrogen and oxygen atoms in total. The van der Waals surface area contributed by atoms with E-state index >= 15 is 0 Å². The van der Waals surface area contributed by atoms with E-state index in [2.05, 4.69) is 10.5 Å². The lowest BCUT2D eigenvalue weighted by molar-refractivity contribution is 0.155. The lowest BCUT2D eigenvalue weighted by Gasteiger charge is -2.25. The first kappa shape index (κ1) is 12.5. The minimum absolute atomic E-state index is 0.137. The standard InChI is InChI=1S/C9H14N2O5S/c1-15-4-8-7(5-17(12,13)14)9(11-16-8)6-2-10-3-6/h6,10H,2-5H2,1H3,(H,12,13,14). The number of hydrogen-bond donors (Lipinski definition) is 2. The second-order valence-corrected chi connectivity index (χ2v) is 5.44. The molecular weight excluding hydrogens is 248 g/mol. The second-order valence-electron chi connectivity index (χ2n) is 3.98. The van der Waals surface area contributed by atoms with Crippen molar-refractivity contribution in [2.45, 2.75) is 18.3 Å². The van der Waals surface area contributed by atoms with Crippen molar-refractivity contribution in [2.24, 2.45) is 0 Å². The molecule has 0 saturated carbocycles. The molecule has 1 aliphatic rings. The third kappa shape index (κ3) is 2.83. The minimum Gasteiger partial charge on any atom is -0.377 e. The quantitative estimate of drug-likeness (QED) is 0.714. The van der Waals surface area contributed by atoms with Gasteiger partial charge in [-0.3, -0.25) is 4.55 Å². The molecule has 0 aromatic carbocycles. The van der Waals surface area contributed by atoms with Crippen molar-refractivity contribution in [3.05, 3.63) is 17.0 Å². The Balaban J connectivity index is 2.31. The van der Waals surface area contributed by atoms with Gasteiger partial charge in [0.15, 0.2) is 5.76 Å². The zero-order chi connectivity index (χ0) is 12.5. The van der Waals surface area contributed by atoms with Crippen LogP contribution in [-0.4, -0.2) is 38.3 Å². The summed E-state index contributed by atoms with van der Waals surface area (Å²) in [6.45, 7) is 1.60. The van der Waals surface area contributed by atoms with Crippen LogP contribution in [0.3, 0.4) is 0 Å². The van der Waals surface area contributed by atoms with Crippen LogP contribution in [0.25, 0.3) is 0 Å². The number of aromatic nitrogens is 1. The molecule has 1 saturated heterocycles. The van der Waals surface area contributed by atoms with E-state index in [0.29, 0.717) is 17.0 Å². The lowest BCUT2D eigenvalue weighted by Crippen LogP contribution is -2.40. The highest BCUT2D eigenvalue weighted by atomic mass is 32.2. The molecule has 1 aromatic heterocycles. The first-order chi connectivity index (χ1) is 8.01. The van der Waals surface area contributed by atoms with E-state index in [4.69, 9.17) is 13.8 Å². The highest BCUT2D eigenvalue weighted by Crippen LogP contribution is 2.27. The molecule has 0 spiro atoms. The molecule has 0 amide bonds. The highest BCUT2D eigenvalue weighted by Gasteiger charge is 2.29. The van der Waals surface area contributed by atoms with E-state index in [0.717, 1.165) is 13.1 Å². The van der Waals surface area contributed by atoms with Crippen LogP contribution in [0.2, 0.25) is 0 Å². The molecular formula is C9H14N2O5S. The summed E-state index contributed by atoms with van der Waals surface area (Å²) in [5.41, 5.74) is 1.01. The van der Waals surface area contributed by atoms with E-state index in [1.165, 1.54) is 7.11 Å². The number of rotatable bonds is 5. The van der Waals surface area contributed by atoms with Crippen LogP contribution in [0.1, 0.15) is 22.9 Å². The molecule has 2 N–H and O–H groups in total. The first-order valence-electron chi connectivity index (χ1n) is 5.13. The van der Waals surface area contributed by atoms with Crippen LogP contribution in [-0.2, 0) is 27.2 Å². The van der Waals surface area contributed by atoms with Gasteiger partial charge in [-0.2, -0.15) is 8.42 Å². The number of nitrogens with zero attached hydrogens (tertiary/aromatic N) is 1. The Morgan fingerprint density at radius 3 is 2.76 bits per heavy atom. The molecule has 1 aromatic rings. The van der Waals surface area contributed by atoms with Gasteiger partial charge >= 0.3 is 0 Å². The average molecular weight is 262 g/mol. The van der Waals surface area contributed by atoms with Gasteiger partial charge in [0, 0.05) is 31.7 Å². The van der Waals surface area contributed by atoms with Gasteiger partial charge in [-0.15, -0.1) is 0 Å². The third-order valence-corrected chi connectivity index (χ3v) is 3.32. The average Bonchev–Trinajstić information content (AvgIpc) is 2.46. The first-order valence-corrected chi connectivity index (χ1v) is 6.74. The van der Waals surface area contributed by atoms with Crippen molar-refractivity contribution in [1.29, 1.82) is 0 Å². The van der Waals surface area contributed by atoms with Crippen LogP contribution in [0.5, 0.6) is 0 Å². The van der Waals surface area contributed by atoms with E-state index in [9.17, 15) is 8.42 Å². The second kappa shape index (κ2) is 4.73. The summed E-state index contributed by atoms with van der Waals surface area (Å²) in [6.07, 6.45) is 0. The van der Waals surface area contributed by atoms with E-state index in [1.807, 2.05) is 0 Å². The van der Waals surface area contributed by atoms with Crippen LogP contribution in [0.4, 0.5) is 0 Å². The number of methoxy groups -OCH3 is 1. The predicted molar refractivity (Wildman–Crippen MR) is 58.1 cm³/mol. The Bertz CT molecular complexity index is 491. The molecule has 2 heterocycles. The Labute approximate surface area is 98.9 Å². The summed E-state index contributed by atoms with van der Waals surface area (Å²) in [6, 6.07) is 0. The van der Waals surface area contributed by atoms with Crippen molar-refractivity contribution in [3.63, 3.8) is 0 Å². The molecule has 0 aliphatic carbocycles. The largest absolute Gasteiger partial charge is 0.377 e. The Morgan fingerprint density at radius 2 is 2.29 bits per heavy atom. The molecule has 0 bridgehead atoms. The number of hydrogen-bond acceptors (Lipinski definition) is 6. The predicted octanol–water partition coefficient (Wildman–Crippen LogP) is -0.104. The SMILES string of the molecule is COCc1onc(C2CNC2)c1CS(=O)(=O)O. The molecule has 1 aliphatic heterocycles. The smallest absolute Gasteiger partial charge is 0.269 e. The van der Waals surface area contributed by atoms with E-state index < -0.39 is 15.9 Å². The van der Waals surface area contributed by atoms with Gasteiger partial charge in [0.2, 0.25) is 0 Å². The van der Waals surface area contributed by atoms with Gasteiger partial charge in [0.25, 0.3) is 10.1 Å². The zero-order valence-corrected chi connectivity index (χ0v) is 10.2. The molecule has 2 rings (SSSR count). The van der Waals surface area contributed by atoms with E-state index in [-0.39, 0.29) is 12.5 Å². The fourth-order valence-corrected chi connectivity index (χ4v) is 2.42. The van der Waals surface area contributed by atoms with Crippen LogP contribution in [0.15, 0.2) is 4.52 Å². The monoisotopic (exact) mass is 262 g/mol. The maximum absolute atomic E-state index is 11.0. The Kier molecular flexibility index (Phi) is 3.48. The molecule has 17 heavy (non-hydrogen) atoms. The van der Waals surface area contributed by atoms with Gasteiger partial charge in [0.1, 0.15) is 12.4 Å². The summed E-state index contributed by atoms with van der Waals surface area (Å²) in [5, 5.41) is 6.94. The molecule has 8 heteroatoms. The number of ether oxygens (including phenoxy) is 1. The van der Waals surface area contributed by atoms with Crippen LogP contribution in [0, 0.1) is 0 Å². The van der Waals surface area contributed by atoms with Gasteiger partial charge in [-0.05, 0) is 0 Å². The van der Waals surface area contributed by atoms with Gasteiger partial charge in [-0.25, -0.2) is 0 Å². The third-order valence-electron chi connectivity index (χ3n) is 2.67. The van der Waals surface area contributed by atoms with Crippen molar-refractivity contribution >= 4 is 10.1 Å². The summed E-state index contributed by atoms with van der Waals surface area (Å²) < 4.78 is 40.8. The molecule has 0 radical (unpaired) electrons. The summed E-state index contributed by atoms with van der Waals surface area (Å²) in [4.78, 5) is 0. The lowest BCUT2D eigenvalue weighted by atomic mass is 9.96. The van der Waals surface area contributed by atoms with Crippen molar-refractivity contribution < 1.29 is 22.2 Å². The highest BCUT2D eigenvalue weighted by molar-refractivity contribution is 7.85. The maximum Gasteiger partial charge on any atom is 0.269 e. The molecule has 96 valence electrons. The number of nitrogens with one attached hydrogen (secondary N) is 1. The normalized spacial score (nSPS) is 17.1. The van der Waals surface area contributed by atoms with Gasteiger partial charge in [-0.1, -0.05) is 5.16 Å². The molecule has 0 unspecified atom stereocenters. The molecule has 1 fully saturated rings. The van der Waals surface area contributed by atoms with Gasteiger partial charge in [0.05, 0.1) is 5.69 Å². The van der Waals surface area contributed by atoms with Gasteiger partial charge < -0.3 is 14.6 Å². The maximum atomic E-state index is 11.0. The summed E-state index contributed by atoms with van der Waals surface area (Å²) >= 11 is 0. The Morgan fingerprint density at radius 1 is 1.59 bits per heavy atom. The summed E-state index contributed by atoms with van der Waals surface area (Å²) in [7, 11) is -2.63.